The van der Waals surface area contributed by atoms with Gasteiger partial charge in [0.15, 0.2) is 0 Å². The minimum absolute atomic E-state index is 0.0746. The minimum Gasteiger partial charge on any atom is -0.396 e. The average Bonchev–Trinajstić information content (AvgIpc) is 2.61. The van der Waals surface area contributed by atoms with E-state index in [0.717, 1.165) is 12.8 Å². The molecule has 1 saturated heterocycles. The van der Waals surface area contributed by atoms with Crippen molar-refractivity contribution in [3.05, 3.63) is 29.8 Å². The van der Waals surface area contributed by atoms with Crippen LogP contribution in [0.5, 0.6) is 0 Å². The molecule has 0 unspecified atom stereocenters. The summed E-state index contributed by atoms with van der Waals surface area (Å²) in [6.45, 7) is 1.09. The van der Waals surface area contributed by atoms with Crippen LogP contribution < -0.4 is 4.72 Å². The number of hydrogen-bond donors (Lipinski definition) is 2. The zero-order valence-corrected chi connectivity index (χ0v) is 14.1. The second-order valence-electron chi connectivity index (χ2n) is 5.72. The van der Waals surface area contributed by atoms with Crippen LogP contribution in [-0.2, 0) is 10.0 Å². The number of carbonyl (C=O) groups excluding carboxylic acids is 1. The number of sulfonamides is 1. The van der Waals surface area contributed by atoms with E-state index < -0.39 is 10.0 Å². The van der Waals surface area contributed by atoms with E-state index in [0.29, 0.717) is 25.1 Å². The SMILES string of the molecule is N#C[C@H]1CCCN(C(=O)c2ccc(S(=O)(=O)NCCCO)cc2)C1. The van der Waals surface area contributed by atoms with E-state index in [-0.39, 0.29) is 29.9 Å². The van der Waals surface area contributed by atoms with Crippen molar-refractivity contribution in [2.75, 3.05) is 26.2 Å². The van der Waals surface area contributed by atoms with E-state index in [1.165, 1.54) is 24.3 Å². The molecule has 1 aliphatic heterocycles. The van der Waals surface area contributed by atoms with Crippen molar-refractivity contribution >= 4 is 15.9 Å². The lowest BCUT2D eigenvalue weighted by Crippen LogP contribution is -2.39. The molecule has 2 rings (SSSR count). The van der Waals surface area contributed by atoms with E-state index in [1.54, 1.807) is 4.90 Å². The summed E-state index contributed by atoms with van der Waals surface area (Å²) >= 11 is 0. The molecule has 1 aromatic carbocycles. The average molecular weight is 351 g/mol. The van der Waals surface area contributed by atoms with Gasteiger partial charge in [0.1, 0.15) is 0 Å². The number of nitrogens with one attached hydrogen (secondary N) is 1. The van der Waals surface area contributed by atoms with Crippen LogP contribution in [0.1, 0.15) is 29.6 Å². The molecule has 0 saturated carbocycles. The summed E-state index contributed by atoms with van der Waals surface area (Å²) in [5.41, 5.74) is 0.405. The highest BCUT2D eigenvalue weighted by Gasteiger charge is 2.24. The monoisotopic (exact) mass is 351 g/mol. The number of piperidine rings is 1. The Balaban J connectivity index is 2.06. The van der Waals surface area contributed by atoms with Gasteiger partial charge in [-0.15, -0.1) is 0 Å². The number of amides is 1. The molecule has 2 N–H and O–H groups in total. The fourth-order valence-corrected chi connectivity index (χ4v) is 3.67. The topological polar surface area (TPSA) is 111 Å². The van der Waals surface area contributed by atoms with E-state index in [4.69, 9.17) is 10.4 Å². The lowest BCUT2D eigenvalue weighted by molar-refractivity contribution is 0.0698. The third kappa shape index (κ3) is 4.54. The van der Waals surface area contributed by atoms with Crippen molar-refractivity contribution in [3.63, 3.8) is 0 Å². The van der Waals surface area contributed by atoms with E-state index in [9.17, 15) is 13.2 Å². The molecule has 0 bridgehead atoms. The molecule has 0 radical (unpaired) electrons. The Morgan fingerprint density at radius 3 is 2.71 bits per heavy atom. The summed E-state index contributed by atoms with van der Waals surface area (Å²) in [7, 11) is -3.64. The molecule has 7 nitrogen and oxygen atoms in total. The molecule has 0 aliphatic carbocycles. The van der Waals surface area contributed by atoms with Gasteiger partial charge in [0.05, 0.1) is 16.9 Å². The Hall–Kier alpha value is -1.95. The molecule has 8 heteroatoms. The lowest BCUT2D eigenvalue weighted by Gasteiger charge is -2.29. The van der Waals surface area contributed by atoms with Crippen LogP contribution in [0, 0.1) is 17.2 Å². The maximum Gasteiger partial charge on any atom is 0.253 e. The van der Waals surface area contributed by atoms with Crippen LogP contribution in [0.3, 0.4) is 0 Å². The minimum atomic E-state index is -3.64. The maximum absolute atomic E-state index is 12.5. The second kappa shape index (κ2) is 8.24. The Kier molecular flexibility index (Phi) is 6.31. The molecule has 1 aromatic rings. The molecule has 0 aromatic heterocycles. The van der Waals surface area contributed by atoms with E-state index in [1.807, 2.05) is 0 Å². The van der Waals surface area contributed by atoms with Gasteiger partial charge in [-0.05, 0) is 43.5 Å². The van der Waals surface area contributed by atoms with Crippen molar-refractivity contribution in [1.82, 2.24) is 9.62 Å². The van der Waals surface area contributed by atoms with Gasteiger partial charge in [0.2, 0.25) is 10.0 Å². The standard InChI is InChI=1S/C16H21N3O4S/c17-11-13-3-1-9-19(12-13)16(21)14-4-6-15(7-5-14)24(22,23)18-8-2-10-20/h4-7,13,18,20H,1-3,8-10,12H2/t13-/m1/s1. The number of aliphatic hydroxyl groups is 1. The number of likely N-dealkylation sites (tertiary alicyclic amines) is 1. The van der Waals surface area contributed by atoms with Crippen molar-refractivity contribution in [3.8, 4) is 6.07 Å². The Morgan fingerprint density at radius 1 is 1.38 bits per heavy atom. The van der Waals surface area contributed by atoms with Crippen LogP contribution in [0.25, 0.3) is 0 Å². The zero-order valence-electron chi connectivity index (χ0n) is 13.3. The summed E-state index contributed by atoms with van der Waals surface area (Å²) in [4.78, 5) is 14.2. The van der Waals surface area contributed by atoms with Gasteiger partial charge in [-0.3, -0.25) is 4.79 Å². The molecule has 130 valence electrons. The van der Waals surface area contributed by atoms with Gasteiger partial charge >= 0.3 is 0 Å². The van der Waals surface area contributed by atoms with Crippen molar-refractivity contribution in [2.45, 2.75) is 24.2 Å². The molecule has 0 spiro atoms. The summed E-state index contributed by atoms with van der Waals surface area (Å²) in [5, 5.41) is 17.7. The fraction of sp³-hybridized carbons (Fsp3) is 0.500. The number of benzene rings is 1. The normalized spacial score (nSPS) is 18.2. The number of aliphatic hydroxyl groups excluding tert-OH is 1. The third-order valence-electron chi connectivity index (χ3n) is 3.93. The number of nitriles is 1. The molecule has 1 fully saturated rings. The number of nitrogens with zero attached hydrogens (tertiary/aromatic N) is 2. The highest BCUT2D eigenvalue weighted by molar-refractivity contribution is 7.89. The smallest absolute Gasteiger partial charge is 0.253 e. The molecule has 1 amide bonds. The molecule has 1 aliphatic rings. The highest BCUT2D eigenvalue weighted by Crippen LogP contribution is 2.19. The van der Waals surface area contributed by atoms with Crippen LogP contribution in [-0.4, -0.2) is 50.6 Å². The molecular formula is C16H21N3O4S. The number of hydrogen-bond acceptors (Lipinski definition) is 5. The van der Waals surface area contributed by atoms with Gasteiger partial charge in [-0.2, -0.15) is 5.26 Å². The van der Waals surface area contributed by atoms with Gasteiger partial charge in [0.25, 0.3) is 5.91 Å². The summed E-state index contributed by atoms with van der Waals surface area (Å²) < 4.78 is 26.5. The predicted octanol–water partition coefficient (Wildman–Crippen LogP) is 0.723. The zero-order chi connectivity index (χ0) is 17.6. The van der Waals surface area contributed by atoms with Crippen LogP contribution in [0.15, 0.2) is 29.2 Å². The summed E-state index contributed by atoms with van der Waals surface area (Å²) in [6.07, 6.45) is 1.94. The first-order valence-electron chi connectivity index (χ1n) is 7.87. The predicted molar refractivity (Wildman–Crippen MR) is 87.6 cm³/mol. The summed E-state index contributed by atoms with van der Waals surface area (Å²) in [5.74, 6) is -0.329. The number of carbonyl (C=O) groups is 1. The molecule has 1 heterocycles. The molecule has 24 heavy (non-hydrogen) atoms. The van der Waals surface area contributed by atoms with Crippen molar-refractivity contribution < 1.29 is 18.3 Å². The van der Waals surface area contributed by atoms with E-state index in [2.05, 4.69) is 10.8 Å². The van der Waals surface area contributed by atoms with Crippen LogP contribution >= 0.6 is 0 Å². The quantitative estimate of drug-likeness (QED) is 0.734. The Labute approximate surface area is 141 Å². The van der Waals surface area contributed by atoms with Gasteiger partial charge in [0, 0.05) is 31.8 Å². The van der Waals surface area contributed by atoms with Gasteiger partial charge < -0.3 is 10.0 Å². The molecular weight excluding hydrogens is 330 g/mol. The second-order valence-corrected chi connectivity index (χ2v) is 7.49. The van der Waals surface area contributed by atoms with E-state index >= 15 is 0 Å². The summed E-state index contributed by atoms with van der Waals surface area (Å²) in [6, 6.07) is 7.94. The molecule has 1 atom stereocenters. The maximum atomic E-state index is 12.5. The van der Waals surface area contributed by atoms with Crippen LogP contribution in [0.4, 0.5) is 0 Å². The highest BCUT2D eigenvalue weighted by atomic mass is 32.2. The van der Waals surface area contributed by atoms with Crippen molar-refractivity contribution in [1.29, 1.82) is 5.26 Å². The Morgan fingerprint density at radius 2 is 2.08 bits per heavy atom. The largest absolute Gasteiger partial charge is 0.396 e. The third-order valence-corrected chi connectivity index (χ3v) is 5.41. The lowest BCUT2D eigenvalue weighted by atomic mass is 9.99. The fourth-order valence-electron chi connectivity index (χ4n) is 2.60. The Bertz CT molecular complexity index is 710. The first kappa shape index (κ1) is 18.4. The van der Waals surface area contributed by atoms with Crippen molar-refractivity contribution in [2.24, 2.45) is 5.92 Å². The van der Waals surface area contributed by atoms with Gasteiger partial charge in [-0.1, -0.05) is 0 Å². The van der Waals surface area contributed by atoms with Gasteiger partial charge in [-0.25, -0.2) is 13.1 Å². The van der Waals surface area contributed by atoms with Crippen LogP contribution in [0.2, 0.25) is 0 Å². The first-order chi connectivity index (χ1) is 11.5. The number of rotatable bonds is 6. The first-order valence-corrected chi connectivity index (χ1v) is 9.35.